The van der Waals surface area contributed by atoms with Crippen molar-refractivity contribution in [2.75, 3.05) is 13.3 Å². The highest BCUT2D eigenvalue weighted by Crippen LogP contribution is 2.41. The average Bonchev–Trinajstić information content (AvgIpc) is 2.69. The molecule has 0 saturated carbocycles. The number of rotatable bonds is 3. The van der Waals surface area contributed by atoms with Crippen molar-refractivity contribution in [1.82, 2.24) is 0 Å². The van der Waals surface area contributed by atoms with Gasteiger partial charge in [0, 0.05) is 10.0 Å². The first kappa shape index (κ1) is 10.8. The van der Waals surface area contributed by atoms with E-state index in [-0.39, 0.29) is 0 Å². The van der Waals surface area contributed by atoms with E-state index < -0.39 is 0 Å². The van der Waals surface area contributed by atoms with E-state index in [4.69, 9.17) is 15.2 Å². The fourth-order valence-electron chi connectivity index (χ4n) is 1.73. The number of hydrogen-bond donors (Lipinski definition) is 1. The molecule has 4 heteroatoms. The van der Waals surface area contributed by atoms with Crippen molar-refractivity contribution >= 4 is 15.9 Å². The van der Waals surface area contributed by atoms with Crippen LogP contribution < -0.4 is 15.2 Å². The number of hydrogen-bond acceptors (Lipinski definition) is 3. The Morgan fingerprint density at radius 3 is 3.00 bits per heavy atom. The molecule has 0 amide bonds. The maximum atomic E-state index is 5.51. The van der Waals surface area contributed by atoms with E-state index >= 15 is 0 Å². The van der Waals surface area contributed by atoms with E-state index in [2.05, 4.69) is 15.9 Å². The van der Waals surface area contributed by atoms with Gasteiger partial charge in [-0.25, -0.2) is 0 Å². The molecule has 0 atom stereocenters. The highest BCUT2D eigenvalue weighted by Gasteiger charge is 2.20. The number of benzene rings is 1. The second kappa shape index (κ2) is 4.41. The molecule has 1 heterocycles. The Kier molecular flexibility index (Phi) is 3.17. The fraction of sp³-hybridized carbons (Fsp3) is 0.455. The maximum absolute atomic E-state index is 5.51. The van der Waals surface area contributed by atoms with Crippen LogP contribution in [0.2, 0.25) is 0 Å². The lowest BCUT2D eigenvalue weighted by Crippen LogP contribution is -2.01. The van der Waals surface area contributed by atoms with Crippen LogP contribution in [0.15, 0.2) is 10.5 Å². The Bertz CT molecular complexity index is 379. The topological polar surface area (TPSA) is 44.5 Å². The Hall–Kier alpha value is -0.740. The molecule has 1 aromatic rings. The number of halogens is 1. The van der Waals surface area contributed by atoms with Crippen LogP contribution in [0, 0.1) is 6.92 Å². The summed E-state index contributed by atoms with van der Waals surface area (Å²) in [6, 6.07) is 2.04. The van der Waals surface area contributed by atoms with Gasteiger partial charge in [0.05, 0.1) is 0 Å². The third-order valence-corrected chi connectivity index (χ3v) is 3.65. The van der Waals surface area contributed by atoms with E-state index in [9.17, 15) is 0 Å². The average molecular weight is 272 g/mol. The lowest BCUT2D eigenvalue weighted by atomic mass is 10.1. The highest BCUT2D eigenvalue weighted by atomic mass is 79.9. The van der Waals surface area contributed by atoms with E-state index in [1.165, 1.54) is 5.56 Å². The number of aryl methyl sites for hydroxylation is 1. The summed E-state index contributed by atoms with van der Waals surface area (Å²) in [4.78, 5) is 0. The van der Waals surface area contributed by atoms with Crippen LogP contribution in [-0.2, 0) is 6.42 Å². The van der Waals surface area contributed by atoms with Crippen molar-refractivity contribution in [2.24, 2.45) is 5.73 Å². The summed E-state index contributed by atoms with van der Waals surface area (Å²) in [6.45, 7) is 3.06. The minimum atomic E-state index is 0.322. The molecule has 82 valence electrons. The zero-order chi connectivity index (χ0) is 10.8. The largest absolute Gasteiger partial charge is 0.454 e. The second-order valence-corrected chi connectivity index (χ2v) is 4.39. The minimum absolute atomic E-state index is 0.322. The smallest absolute Gasteiger partial charge is 0.231 e. The third kappa shape index (κ3) is 1.96. The van der Waals surface area contributed by atoms with Gasteiger partial charge in [-0.2, -0.15) is 0 Å². The van der Waals surface area contributed by atoms with Crippen LogP contribution in [0.5, 0.6) is 11.5 Å². The first-order valence-electron chi connectivity index (χ1n) is 5.01. The standard InChI is InChI=1S/C11H14BrNO2/c1-7-10(12)8(3-2-4-13)5-9-11(7)15-6-14-9/h5H,2-4,6,13H2,1H3. The Morgan fingerprint density at radius 1 is 1.47 bits per heavy atom. The lowest BCUT2D eigenvalue weighted by molar-refractivity contribution is 0.173. The van der Waals surface area contributed by atoms with Crippen molar-refractivity contribution < 1.29 is 9.47 Å². The van der Waals surface area contributed by atoms with Crippen molar-refractivity contribution in [2.45, 2.75) is 19.8 Å². The van der Waals surface area contributed by atoms with Crippen LogP contribution in [0.25, 0.3) is 0 Å². The molecular formula is C11H14BrNO2. The summed E-state index contributed by atoms with van der Waals surface area (Å²) in [6.07, 6.45) is 1.95. The number of nitrogens with two attached hydrogens (primary N) is 1. The van der Waals surface area contributed by atoms with Gasteiger partial charge in [-0.1, -0.05) is 15.9 Å². The van der Waals surface area contributed by atoms with Crippen molar-refractivity contribution in [3.8, 4) is 11.5 Å². The third-order valence-electron chi connectivity index (χ3n) is 2.55. The molecule has 1 aromatic carbocycles. The quantitative estimate of drug-likeness (QED) is 0.918. The van der Waals surface area contributed by atoms with Gasteiger partial charge in [0.2, 0.25) is 6.79 Å². The molecular weight excluding hydrogens is 258 g/mol. The molecule has 1 aliphatic rings. The minimum Gasteiger partial charge on any atom is -0.454 e. The maximum Gasteiger partial charge on any atom is 0.231 e. The van der Waals surface area contributed by atoms with Gasteiger partial charge in [0.1, 0.15) is 0 Å². The fourth-order valence-corrected chi connectivity index (χ4v) is 2.22. The number of fused-ring (bicyclic) bond motifs is 1. The van der Waals surface area contributed by atoms with Crippen LogP contribution >= 0.6 is 15.9 Å². The summed E-state index contributed by atoms with van der Waals surface area (Å²) < 4.78 is 11.9. The Morgan fingerprint density at radius 2 is 2.27 bits per heavy atom. The Labute approximate surface area is 97.7 Å². The zero-order valence-corrected chi connectivity index (χ0v) is 10.3. The molecule has 0 radical (unpaired) electrons. The van der Waals surface area contributed by atoms with Crippen LogP contribution in [0.1, 0.15) is 17.5 Å². The molecule has 0 bridgehead atoms. The molecule has 1 aliphatic heterocycles. The molecule has 0 aliphatic carbocycles. The van der Waals surface area contributed by atoms with Gasteiger partial charge < -0.3 is 15.2 Å². The van der Waals surface area contributed by atoms with Crippen molar-refractivity contribution in [3.63, 3.8) is 0 Å². The van der Waals surface area contributed by atoms with Crippen LogP contribution in [-0.4, -0.2) is 13.3 Å². The predicted molar refractivity (Wildman–Crippen MR) is 62.4 cm³/mol. The van der Waals surface area contributed by atoms with E-state index in [1.807, 2.05) is 13.0 Å². The monoisotopic (exact) mass is 271 g/mol. The summed E-state index contributed by atoms with van der Waals surface area (Å²) >= 11 is 3.59. The number of ether oxygens (including phenoxy) is 2. The van der Waals surface area contributed by atoms with Gasteiger partial charge in [-0.05, 0) is 37.9 Å². The molecule has 0 fully saturated rings. The SMILES string of the molecule is Cc1c(Br)c(CCCN)cc2c1OCO2. The first-order valence-corrected chi connectivity index (χ1v) is 5.81. The summed E-state index contributed by atoms with van der Waals surface area (Å²) in [7, 11) is 0. The van der Waals surface area contributed by atoms with Gasteiger partial charge in [0.25, 0.3) is 0 Å². The van der Waals surface area contributed by atoms with E-state index in [1.54, 1.807) is 0 Å². The van der Waals surface area contributed by atoms with Crippen LogP contribution in [0.3, 0.4) is 0 Å². The highest BCUT2D eigenvalue weighted by molar-refractivity contribution is 9.10. The zero-order valence-electron chi connectivity index (χ0n) is 8.68. The van der Waals surface area contributed by atoms with Gasteiger partial charge in [0.15, 0.2) is 11.5 Å². The Balaban J connectivity index is 2.36. The van der Waals surface area contributed by atoms with Gasteiger partial charge in [-0.3, -0.25) is 0 Å². The first-order chi connectivity index (χ1) is 7.24. The molecule has 0 unspecified atom stereocenters. The summed E-state index contributed by atoms with van der Waals surface area (Å²) in [5.74, 6) is 1.71. The predicted octanol–water partition coefficient (Wildman–Crippen LogP) is 2.38. The van der Waals surface area contributed by atoms with E-state index in [0.717, 1.165) is 34.4 Å². The van der Waals surface area contributed by atoms with Gasteiger partial charge >= 0.3 is 0 Å². The normalized spacial score (nSPS) is 13.3. The van der Waals surface area contributed by atoms with Gasteiger partial charge in [-0.15, -0.1) is 0 Å². The summed E-state index contributed by atoms with van der Waals surface area (Å²) in [5, 5.41) is 0. The molecule has 2 N–H and O–H groups in total. The van der Waals surface area contributed by atoms with Crippen molar-refractivity contribution in [3.05, 3.63) is 21.7 Å². The second-order valence-electron chi connectivity index (χ2n) is 3.60. The molecule has 0 saturated heterocycles. The van der Waals surface area contributed by atoms with E-state index in [0.29, 0.717) is 13.3 Å². The molecule has 0 aromatic heterocycles. The van der Waals surface area contributed by atoms with Crippen LogP contribution in [0.4, 0.5) is 0 Å². The molecule has 0 spiro atoms. The summed E-state index contributed by atoms with van der Waals surface area (Å²) in [5.41, 5.74) is 7.85. The molecule has 2 rings (SSSR count). The molecule has 3 nitrogen and oxygen atoms in total. The molecule has 15 heavy (non-hydrogen) atoms. The van der Waals surface area contributed by atoms with Crippen molar-refractivity contribution in [1.29, 1.82) is 0 Å². The lowest BCUT2D eigenvalue weighted by Gasteiger charge is -2.09.